The summed E-state index contributed by atoms with van der Waals surface area (Å²) in [5.41, 5.74) is 6.24. The van der Waals surface area contributed by atoms with Gasteiger partial charge in [0.05, 0.1) is 5.41 Å². The maximum Gasteiger partial charge on any atom is 0.227 e. The van der Waals surface area contributed by atoms with Crippen LogP contribution in [0.3, 0.4) is 0 Å². The summed E-state index contributed by atoms with van der Waals surface area (Å²) >= 11 is 0. The number of carbonyl (C=O) groups excluding carboxylic acids is 1. The van der Waals surface area contributed by atoms with Crippen molar-refractivity contribution in [1.82, 2.24) is 20.1 Å². The van der Waals surface area contributed by atoms with Crippen molar-refractivity contribution in [3.63, 3.8) is 0 Å². The van der Waals surface area contributed by atoms with E-state index in [2.05, 4.69) is 15.4 Å². The van der Waals surface area contributed by atoms with Crippen LogP contribution in [0.4, 0.5) is 0 Å². The Labute approximate surface area is 142 Å². The Balaban J connectivity index is 0.00000264. The quantitative estimate of drug-likeness (QED) is 0.809. The molecule has 0 aliphatic carbocycles. The zero-order chi connectivity index (χ0) is 16.0. The summed E-state index contributed by atoms with van der Waals surface area (Å²) in [4.78, 5) is 16.8. The fraction of sp³-hybridized carbons (Fsp3) is 0.438. The Kier molecular flexibility index (Phi) is 7.19. The second-order valence-corrected chi connectivity index (χ2v) is 5.31. The molecule has 23 heavy (non-hydrogen) atoms. The van der Waals surface area contributed by atoms with Gasteiger partial charge >= 0.3 is 0 Å². The molecule has 0 aliphatic rings. The van der Waals surface area contributed by atoms with E-state index in [1.165, 1.54) is 0 Å². The van der Waals surface area contributed by atoms with Crippen LogP contribution in [-0.2, 0) is 11.3 Å². The smallest absolute Gasteiger partial charge is 0.227 e. The molecular formula is C16H24ClN5O. The zero-order valence-corrected chi connectivity index (χ0v) is 14.3. The van der Waals surface area contributed by atoms with E-state index in [9.17, 15) is 4.79 Å². The van der Waals surface area contributed by atoms with Crippen molar-refractivity contribution in [2.45, 2.75) is 33.2 Å². The monoisotopic (exact) mass is 337 g/mol. The number of nitrogens with zero attached hydrogens (tertiary/aromatic N) is 3. The molecule has 126 valence electrons. The van der Waals surface area contributed by atoms with E-state index in [1.807, 2.05) is 38.2 Å². The number of hydrogen-bond acceptors (Lipinski definition) is 4. The van der Waals surface area contributed by atoms with E-state index in [4.69, 9.17) is 5.73 Å². The first-order valence-electron chi connectivity index (χ1n) is 7.59. The van der Waals surface area contributed by atoms with E-state index < -0.39 is 5.41 Å². The molecule has 0 unspecified atom stereocenters. The highest BCUT2D eigenvalue weighted by molar-refractivity contribution is 5.85. The number of nitrogens with two attached hydrogens (primary N) is 1. The molecule has 0 spiro atoms. The highest BCUT2D eigenvalue weighted by Gasteiger charge is 2.33. The number of hydrogen-bond donors (Lipinski definition) is 2. The molecule has 0 saturated carbocycles. The summed E-state index contributed by atoms with van der Waals surface area (Å²) in [5.74, 6) is 0.717. The Morgan fingerprint density at radius 3 is 2.61 bits per heavy atom. The second kappa shape index (κ2) is 8.64. The lowest BCUT2D eigenvalue weighted by atomic mass is 9.81. The predicted octanol–water partition coefficient (Wildman–Crippen LogP) is 2.07. The Bertz CT molecular complexity index is 602. The second-order valence-electron chi connectivity index (χ2n) is 5.31. The van der Waals surface area contributed by atoms with Gasteiger partial charge in [-0.25, -0.2) is 9.67 Å². The van der Waals surface area contributed by atoms with Crippen LogP contribution in [0, 0.1) is 5.41 Å². The normalized spacial score (nSPS) is 10.9. The van der Waals surface area contributed by atoms with Gasteiger partial charge in [-0.1, -0.05) is 19.9 Å². The number of rotatable bonds is 7. The molecule has 1 amide bonds. The average Bonchev–Trinajstić information content (AvgIpc) is 3.09. The van der Waals surface area contributed by atoms with Crippen LogP contribution < -0.4 is 11.1 Å². The highest BCUT2D eigenvalue weighted by Crippen LogP contribution is 2.25. The van der Waals surface area contributed by atoms with Crippen molar-refractivity contribution in [1.29, 1.82) is 0 Å². The average molecular weight is 338 g/mol. The van der Waals surface area contributed by atoms with Crippen molar-refractivity contribution >= 4 is 18.3 Å². The third kappa shape index (κ3) is 4.09. The van der Waals surface area contributed by atoms with Gasteiger partial charge in [0.1, 0.15) is 0 Å². The van der Waals surface area contributed by atoms with Crippen molar-refractivity contribution in [2.75, 3.05) is 6.54 Å². The Hall–Kier alpha value is -1.92. The van der Waals surface area contributed by atoms with E-state index in [0.717, 1.165) is 24.2 Å². The molecule has 2 rings (SSSR count). The summed E-state index contributed by atoms with van der Waals surface area (Å²) in [5, 5.41) is 7.19. The summed E-state index contributed by atoms with van der Waals surface area (Å²) in [7, 11) is 0. The summed E-state index contributed by atoms with van der Waals surface area (Å²) in [6.45, 7) is 4.75. The number of halogens is 1. The minimum Gasteiger partial charge on any atom is -0.351 e. The van der Waals surface area contributed by atoms with Gasteiger partial charge in [-0.2, -0.15) is 5.10 Å². The van der Waals surface area contributed by atoms with Gasteiger partial charge in [-0.3, -0.25) is 4.79 Å². The fourth-order valence-corrected chi connectivity index (χ4v) is 2.48. The molecule has 6 nitrogen and oxygen atoms in total. The van der Waals surface area contributed by atoms with Gasteiger partial charge in [-0.05, 0) is 25.0 Å². The van der Waals surface area contributed by atoms with Gasteiger partial charge in [0, 0.05) is 37.2 Å². The van der Waals surface area contributed by atoms with Crippen molar-refractivity contribution in [2.24, 2.45) is 11.1 Å². The van der Waals surface area contributed by atoms with Crippen molar-refractivity contribution in [3.8, 4) is 5.82 Å². The van der Waals surface area contributed by atoms with E-state index in [0.29, 0.717) is 13.1 Å². The zero-order valence-electron chi connectivity index (χ0n) is 13.5. The lowest BCUT2D eigenvalue weighted by Crippen LogP contribution is -2.45. The molecule has 0 aromatic carbocycles. The Morgan fingerprint density at radius 2 is 2.04 bits per heavy atom. The highest BCUT2D eigenvalue weighted by atomic mass is 35.5. The molecule has 2 heterocycles. The minimum absolute atomic E-state index is 0. The molecule has 7 heteroatoms. The number of nitrogens with one attached hydrogen (secondary N) is 1. The molecule has 0 atom stereocenters. The molecule has 0 aliphatic heterocycles. The maximum atomic E-state index is 12.5. The molecule has 0 fully saturated rings. The first-order valence-corrected chi connectivity index (χ1v) is 7.59. The van der Waals surface area contributed by atoms with Crippen LogP contribution in [0.5, 0.6) is 0 Å². The standard InChI is InChI=1S/C16H23N5O.ClH/c1-3-16(4-2,12-17)15(22)19-11-13-7-5-8-18-14(13)21-10-6-9-20-21;/h5-10H,3-4,11-12,17H2,1-2H3,(H,19,22);1H. The minimum atomic E-state index is -0.492. The third-order valence-electron chi connectivity index (χ3n) is 4.25. The lowest BCUT2D eigenvalue weighted by molar-refractivity contribution is -0.131. The largest absolute Gasteiger partial charge is 0.351 e. The van der Waals surface area contributed by atoms with Crippen LogP contribution in [0.2, 0.25) is 0 Å². The van der Waals surface area contributed by atoms with E-state index in [1.54, 1.807) is 17.1 Å². The van der Waals surface area contributed by atoms with Gasteiger partial charge in [0.2, 0.25) is 5.91 Å². The maximum absolute atomic E-state index is 12.5. The summed E-state index contributed by atoms with van der Waals surface area (Å²) in [6, 6.07) is 5.63. The third-order valence-corrected chi connectivity index (χ3v) is 4.25. The topological polar surface area (TPSA) is 85.8 Å². The van der Waals surface area contributed by atoms with Crippen molar-refractivity contribution < 1.29 is 4.79 Å². The first kappa shape index (κ1) is 19.1. The summed E-state index contributed by atoms with van der Waals surface area (Å²) < 4.78 is 1.69. The number of carbonyl (C=O) groups is 1. The van der Waals surface area contributed by atoms with E-state index >= 15 is 0 Å². The molecule has 0 bridgehead atoms. The SMILES string of the molecule is CCC(CC)(CN)C(=O)NCc1cccnc1-n1cccn1.Cl. The van der Waals surface area contributed by atoms with Gasteiger partial charge in [0.25, 0.3) is 0 Å². The number of aromatic nitrogens is 3. The van der Waals surface area contributed by atoms with Gasteiger partial charge < -0.3 is 11.1 Å². The van der Waals surface area contributed by atoms with Gasteiger partial charge in [0.15, 0.2) is 5.82 Å². The molecule has 2 aromatic rings. The molecule has 0 radical (unpaired) electrons. The van der Waals surface area contributed by atoms with Crippen molar-refractivity contribution in [3.05, 3.63) is 42.4 Å². The predicted molar refractivity (Wildman–Crippen MR) is 92.5 cm³/mol. The fourth-order valence-electron chi connectivity index (χ4n) is 2.48. The lowest BCUT2D eigenvalue weighted by Gasteiger charge is -2.28. The number of amides is 1. The number of pyridine rings is 1. The molecule has 2 aromatic heterocycles. The van der Waals surface area contributed by atoms with Crippen LogP contribution in [0.1, 0.15) is 32.3 Å². The Morgan fingerprint density at radius 1 is 1.30 bits per heavy atom. The molecule has 3 N–H and O–H groups in total. The van der Waals surface area contributed by atoms with Crippen LogP contribution in [-0.4, -0.2) is 27.2 Å². The van der Waals surface area contributed by atoms with Gasteiger partial charge in [-0.15, -0.1) is 12.4 Å². The molecule has 0 saturated heterocycles. The van der Waals surface area contributed by atoms with Crippen LogP contribution in [0.25, 0.3) is 5.82 Å². The van der Waals surface area contributed by atoms with E-state index in [-0.39, 0.29) is 18.3 Å². The summed E-state index contributed by atoms with van der Waals surface area (Å²) in [6.07, 6.45) is 6.70. The first-order chi connectivity index (χ1) is 10.7. The molecular weight excluding hydrogens is 314 g/mol. The van der Waals surface area contributed by atoms with Crippen LogP contribution in [0.15, 0.2) is 36.8 Å². The van der Waals surface area contributed by atoms with Crippen LogP contribution >= 0.6 is 12.4 Å².